The van der Waals surface area contributed by atoms with Crippen LogP contribution in [0.25, 0.3) is 0 Å². The number of ether oxygens (including phenoxy) is 2. The summed E-state index contributed by atoms with van der Waals surface area (Å²) in [6.45, 7) is 7.45. The summed E-state index contributed by atoms with van der Waals surface area (Å²) in [4.78, 5) is 28.8. The van der Waals surface area contributed by atoms with Crippen molar-refractivity contribution in [2.24, 2.45) is 0 Å². The Bertz CT molecular complexity index is 735. The number of carbonyl (C=O) groups is 2. The molecule has 0 aliphatic heterocycles. The Labute approximate surface area is 148 Å². The Kier molecular flexibility index (Phi) is 6.27. The lowest BCUT2D eigenvalue weighted by Gasteiger charge is -2.16. The molecule has 2 rings (SSSR count). The van der Waals surface area contributed by atoms with Crippen LogP contribution in [0.4, 0.5) is 0 Å². The van der Waals surface area contributed by atoms with Gasteiger partial charge >= 0.3 is 5.97 Å². The predicted molar refractivity (Wildman–Crippen MR) is 97.5 cm³/mol. The van der Waals surface area contributed by atoms with Crippen LogP contribution < -0.4 is 0 Å². The summed E-state index contributed by atoms with van der Waals surface area (Å²) in [5, 5.41) is 0. The summed E-state index contributed by atoms with van der Waals surface area (Å²) in [6, 6.07) is 9.83. The van der Waals surface area contributed by atoms with E-state index in [1.807, 2.05) is 6.07 Å². The third-order valence-corrected chi connectivity index (χ3v) is 5.41. The molecule has 0 unspecified atom stereocenters. The van der Waals surface area contributed by atoms with E-state index in [0.717, 1.165) is 6.04 Å². The van der Waals surface area contributed by atoms with Crippen molar-refractivity contribution < 1.29 is 19.1 Å². The second-order valence-corrected chi connectivity index (χ2v) is 12.6. The van der Waals surface area contributed by atoms with Crippen LogP contribution in [-0.2, 0) is 16.2 Å². The van der Waals surface area contributed by atoms with E-state index in [2.05, 4.69) is 24.6 Å². The van der Waals surface area contributed by atoms with Crippen LogP contribution in [0.15, 0.2) is 36.5 Å². The first-order valence-corrected chi connectivity index (χ1v) is 11.9. The molecule has 0 atom stereocenters. The molecule has 0 spiro atoms. The summed E-state index contributed by atoms with van der Waals surface area (Å²) in [5.74, 6) is -0.641. The maximum Gasteiger partial charge on any atom is 0.356 e. The number of hydrogen-bond donors (Lipinski definition) is 0. The second-order valence-electron chi connectivity index (χ2n) is 6.93. The molecule has 0 saturated heterocycles. The maximum absolute atomic E-state index is 12.7. The summed E-state index contributed by atoms with van der Waals surface area (Å²) < 4.78 is 12.0. The zero-order valence-corrected chi connectivity index (χ0v) is 16.1. The average molecular weight is 360 g/mol. The van der Waals surface area contributed by atoms with E-state index in [1.54, 1.807) is 24.3 Å². The van der Waals surface area contributed by atoms with E-state index >= 15 is 0 Å². The summed E-state index contributed by atoms with van der Waals surface area (Å²) in [5.41, 5.74) is 0.711. The fraction of sp³-hybridized carbons (Fsp3) is 0.389. The molecular formula is C18H24N2O4Si. The normalized spacial score (nSPS) is 11.4. The van der Waals surface area contributed by atoms with E-state index < -0.39 is 14.0 Å². The van der Waals surface area contributed by atoms with E-state index in [4.69, 9.17) is 9.47 Å². The zero-order valence-electron chi connectivity index (χ0n) is 15.1. The number of aromatic nitrogens is 2. The van der Waals surface area contributed by atoms with Crippen LogP contribution >= 0.6 is 0 Å². The van der Waals surface area contributed by atoms with Crippen molar-refractivity contribution in [3.05, 3.63) is 53.6 Å². The minimum Gasteiger partial charge on any atom is -0.464 e. The number of imidazole rings is 1. The molecule has 0 bridgehead atoms. The molecule has 0 radical (unpaired) electrons. The fourth-order valence-corrected chi connectivity index (χ4v) is 2.96. The standard InChI is InChI=1S/C18H24N2O4Si/c1-23-18(22)15-12-19-17(16(21)14-8-6-5-7-9-14)20(15)13-24-10-11-25(2,3)4/h5-9,12H,10-11,13H2,1-4H3. The van der Waals surface area contributed by atoms with Gasteiger partial charge < -0.3 is 9.47 Å². The van der Waals surface area contributed by atoms with Gasteiger partial charge in [-0.3, -0.25) is 9.36 Å². The summed E-state index contributed by atoms with van der Waals surface area (Å²) in [6.07, 6.45) is 1.35. The van der Waals surface area contributed by atoms with Crippen LogP contribution in [-0.4, -0.2) is 43.1 Å². The smallest absolute Gasteiger partial charge is 0.356 e. The summed E-state index contributed by atoms with van der Waals surface area (Å²) in [7, 11) is 0.0780. The van der Waals surface area contributed by atoms with Gasteiger partial charge in [-0.05, 0) is 6.04 Å². The van der Waals surface area contributed by atoms with Gasteiger partial charge in [0, 0.05) is 20.2 Å². The molecule has 1 heterocycles. The maximum atomic E-state index is 12.7. The van der Waals surface area contributed by atoms with E-state index in [-0.39, 0.29) is 24.0 Å². The van der Waals surface area contributed by atoms with Gasteiger partial charge in [0.15, 0.2) is 5.82 Å². The minimum atomic E-state index is -1.22. The number of rotatable bonds is 8. The van der Waals surface area contributed by atoms with E-state index in [0.29, 0.717) is 12.2 Å². The van der Waals surface area contributed by atoms with Crippen molar-refractivity contribution in [3.63, 3.8) is 0 Å². The van der Waals surface area contributed by atoms with Crippen molar-refractivity contribution in [1.29, 1.82) is 0 Å². The van der Waals surface area contributed by atoms with Crippen LogP contribution in [0.1, 0.15) is 26.7 Å². The predicted octanol–water partition coefficient (Wildman–Crippen LogP) is 3.21. The van der Waals surface area contributed by atoms with Gasteiger partial charge in [0.2, 0.25) is 5.78 Å². The first-order valence-electron chi connectivity index (χ1n) is 8.15. The number of hydrogen-bond acceptors (Lipinski definition) is 5. The van der Waals surface area contributed by atoms with Gasteiger partial charge in [0.05, 0.1) is 13.3 Å². The second kappa shape index (κ2) is 8.22. The summed E-state index contributed by atoms with van der Waals surface area (Å²) >= 11 is 0. The van der Waals surface area contributed by atoms with Gasteiger partial charge in [0.25, 0.3) is 0 Å². The van der Waals surface area contributed by atoms with Crippen LogP contribution in [0.3, 0.4) is 0 Å². The minimum absolute atomic E-state index is 0.0861. The van der Waals surface area contributed by atoms with Crippen molar-refractivity contribution in [1.82, 2.24) is 9.55 Å². The lowest BCUT2D eigenvalue weighted by Crippen LogP contribution is -2.23. The van der Waals surface area contributed by atoms with Gasteiger partial charge in [-0.2, -0.15) is 0 Å². The van der Waals surface area contributed by atoms with Crippen molar-refractivity contribution in [2.75, 3.05) is 13.7 Å². The highest BCUT2D eigenvalue weighted by Crippen LogP contribution is 2.14. The number of benzene rings is 1. The lowest BCUT2D eigenvalue weighted by molar-refractivity contribution is 0.0536. The third-order valence-electron chi connectivity index (χ3n) is 3.71. The Hall–Kier alpha value is -2.25. The first-order chi connectivity index (χ1) is 11.8. The molecule has 0 amide bonds. The van der Waals surface area contributed by atoms with Crippen LogP contribution in [0.5, 0.6) is 0 Å². The third kappa shape index (κ3) is 5.11. The highest BCUT2D eigenvalue weighted by atomic mass is 28.3. The quantitative estimate of drug-likeness (QED) is 0.313. The van der Waals surface area contributed by atoms with Crippen molar-refractivity contribution in [2.45, 2.75) is 32.4 Å². The highest BCUT2D eigenvalue weighted by Gasteiger charge is 2.23. The molecular weight excluding hydrogens is 336 g/mol. The zero-order chi connectivity index (χ0) is 18.4. The number of esters is 1. The molecule has 1 aromatic carbocycles. The Morgan fingerprint density at radius 3 is 2.44 bits per heavy atom. The molecule has 0 saturated carbocycles. The Balaban J connectivity index is 2.23. The fourth-order valence-electron chi connectivity index (χ4n) is 2.21. The molecule has 0 N–H and O–H groups in total. The Morgan fingerprint density at radius 1 is 1.16 bits per heavy atom. The lowest BCUT2D eigenvalue weighted by atomic mass is 10.1. The number of nitrogens with zero attached hydrogens (tertiary/aromatic N) is 2. The van der Waals surface area contributed by atoms with E-state index in [9.17, 15) is 9.59 Å². The largest absolute Gasteiger partial charge is 0.464 e. The Morgan fingerprint density at radius 2 is 1.84 bits per heavy atom. The molecule has 134 valence electrons. The number of methoxy groups -OCH3 is 1. The molecule has 0 aliphatic carbocycles. The molecule has 7 heteroatoms. The van der Waals surface area contributed by atoms with Crippen molar-refractivity contribution in [3.8, 4) is 0 Å². The van der Waals surface area contributed by atoms with Gasteiger partial charge in [-0.1, -0.05) is 50.0 Å². The monoisotopic (exact) mass is 360 g/mol. The molecule has 6 nitrogen and oxygen atoms in total. The average Bonchev–Trinajstić information content (AvgIpc) is 3.01. The molecule has 1 aromatic heterocycles. The van der Waals surface area contributed by atoms with Gasteiger partial charge in [-0.25, -0.2) is 9.78 Å². The molecule has 25 heavy (non-hydrogen) atoms. The molecule has 2 aromatic rings. The van der Waals surface area contributed by atoms with Crippen LogP contribution in [0, 0.1) is 0 Å². The van der Waals surface area contributed by atoms with E-state index in [1.165, 1.54) is 17.9 Å². The molecule has 0 fully saturated rings. The number of ketones is 1. The topological polar surface area (TPSA) is 70.4 Å². The van der Waals surface area contributed by atoms with Crippen LogP contribution in [0.2, 0.25) is 25.7 Å². The first kappa shape index (κ1) is 19.1. The SMILES string of the molecule is COC(=O)c1cnc(C(=O)c2ccccc2)n1COCC[Si](C)(C)C. The van der Waals surface area contributed by atoms with Gasteiger partial charge in [-0.15, -0.1) is 0 Å². The number of carbonyl (C=O) groups excluding carboxylic acids is 2. The van der Waals surface area contributed by atoms with Gasteiger partial charge in [0.1, 0.15) is 12.4 Å². The highest BCUT2D eigenvalue weighted by molar-refractivity contribution is 6.76. The molecule has 0 aliphatic rings. The van der Waals surface area contributed by atoms with Crippen molar-refractivity contribution >= 4 is 19.8 Å².